The first-order chi connectivity index (χ1) is 11.4. The van der Waals surface area contributed by atoms with E-state index in [0.717, 1.165) is 17.4 Å². The molecule has 0 spiro atoms. The van der Waals surface area contributed by atoms with Crippen molar-refractivity contribution in [1.29, 1.82) is 0 Å². The topological polar surface area (TPSA) is 84.4 Å². The molecule has 0 saturated heterocycles. The minimum atomic E-state index is -0.813. The van der Waals surface area contributed by atoms with Gasteiger partial charge in [-0.2, -0.15) is 0 Å². The molecule has 1 atom stereocenters. The minimum absolute atomic E-state index is 0.215. The van der Waals surface area contributed by atoms with Crippen LogP contribution in [0.4, 0.5) is 10.8 Å². The van der Waals surface area contributed by atoms with Gasteiger partial charge in [-0.05, 0) is 19.1 Å². The van der Waals surface area contributed by atoms with Crippen LogP contribution in [-0.4, -0.2) is 53.2 Å². The number of aromatic nitrogens is 2. The number of nitrogens with one attached hydrogen (secondary N) is 1. The van der Waals surface area contributed by atoms with Gasteiger partial charge in [-0.1, -0.05) is 35.2 Å². The third kappa shape index (κ3) is 4.45. The van der Waals surface area contributed by atoms with E-state index in [1.165, 1.54) is 23.2 Å². The standard InChI is InChI=1S/C15H18N4O3S2/c1-9(20)12(13(21)19(2)3)23-15-18-17-14(24-15)16-10-7-5-6-8-11(10)22-4/h5-8,12H,1-4H3,(H,16,17)/t12-/m0/s1. The van der Waals surface area contributed by atoms with E-state index >= 15 is 0 Å². The second-order valence-electron chi connectivity index (χ2n) is 5.04. The predicted octanol–water partition coefficient (Wildman–Crippen LogP) is 2.43. The van der Waals surface area contributed by atoms with Crippen molar-refractivity contribution in [3.63, 3.8) is 0 Å². The average molecular weight is 366 g/mol. The molecule has 1 heterocycles. The predicted molar refractivity (Wildman–Crippen MR) is 95.2 cm³/mol. The van der Waals surface area contributed by atoms with Crippen molar-refractivity contribution in [2.45, 2.75) is 16.5 Å². The molecule has 0 unspecified atom stereocenters. The van der Waals surface area contributed by atoms with Gasteiger partial charge in [0.1, 0.15) is 11.0 Å². The van der Waals surface area contributed by atoms with Crippen LogP contribution in [0.3, 0.4) is 0 Å². The van der Waals surface area contributed by atoms with Crippen molar-refractivity contribution in [3.8, 4) is 5.75 Å². The van der Waals surface area contributed by atoms with E-state index in [-0.39, 0.29) is 11.7 Å². The van der Waals surface area contributed by atoms with Gasteiger partial charge in [0.05, 0.1) is 12.8 Å². The highest BCUT2D eigenvalue weighted by atomic mass is 32.2. The summed E-state index contributed by atoms with van der Waals surface area (Å²) in [6.07, 6.45) is 0. The number of anilines is 2. The summed E-state index contributed by atoms with van der Waals surface area (Å²) >= 11 is 2.38. The number of ether oxygens (including phenoxy) is 1. The molecule has 0 aliphatic carbocycles. The highest BCUT2D eigenvalue weighted by Crippen LogP contribution is 2.33. The second kappa shape index (κ2) is 8.11. The molecule has 0 bridgehead atoms. The molecule has 9 heteroatoms. The molecule has 1 amide bonds. The number of amides is 1. The Morgan fingerprint density at radius 2 is 2.00 bits per heavy atom. The van der Waals surface area contributed by atoms with Crippen molar-refractivity contribution in [1.82, 2.24) is 15.1 Å². The van der Waals surface area contributed by atoms with E-state index in [0.29, 0.717) is 15.2 Å². The Kier molecular flexibility index (Phi) is 6.16. The molecule has 1 N–H and O–H groups in total. The molecular weight excluding hydrogens is 348 g/mol. The van der Waals surface area contributed by atoms with Crippen molar-refractivity contribution < 1.29 is 14.3 Å². The van der Waals surface area contributed by atoms with E-state index in [1.54, 1.807) is 21.2 Å². The second-order valence-corrected chi connectivity index (χ2v) is 7.37. The molecule has 24 heavy (non-hydrogen) atoms. The van der Waals surface area contributed by atoms with Crippen LogP contribution in [-0.2, 0) is 9.59 Å². The van der Waals surface area contributed by atoms with Crippen LogP contribution in [0.25, 0.3) is 0 Å². The zero-order valence-corrected chi connectivity index (χ0v) is 15.4. The van der Waals surface area contributed by atoms with Crippen LogP contribution in [0.2, 0.25) is 0 Å². The number of nitrogens with zero attached hydrogens (tertiary/aromatic N) is 3. The molecule has 2 aromatic rings. The first kappa shape index (κ1) is 18.2. The monoisotopic (exact) mass is 366 g/mol. The van der Waals surface area contributed by atoms with Gasteiger partial charge < -0.3 is 15.0 Å². The number of carbonyl (C=O) groups excluding carboxylic acids is 2. The summed E-state index contributed by atoms with van der Waals surface area (Å²) in [5.74, 6) is 0.210. The Hall–Kier alpha value is -2.13. The fourth-order valence-electron chi connectivity index (χ4n) is 1.81. The highest BCUT2D eigenvalue weighted by molar-refractivity contribution is 8.03. The summed E-state index contributed by atoms with van der Waals surface area (Å²) in [6, 6.07) is 7.44. The number of thioether (sulfide) groups is 1. The van der Waals surface area contributed by atoms with Crippen LogP contribution in [0, 0.1) is 0 Å². The number of hydrogen-bond donors (Lipinski definition) is 1. The Balaban J connectivity index is 2.12. The normalized spacial score (nSPS) is 11.7. The lowest BCUT2D eigenvalue weighted by atomic mass is 10.3. The van der Waals surface area contributed by atoms with Gasteiger partial charge in [-0.15, -0.1) is 10.2 Å². The smallest absolute Gasteiger partial charge is 0.243 e. The van der Waals surface area contributed by atoms with Gasteiger partial charge in [0.2, 0.25) is 11.0 Å². The summed E-state index contributed by atoms with van der Waals surface area (Å²) in [5.41, 5.74) is 0.764. The van der Waals surface area contributed by atoms with Gasteiger partial charge >= 0.3 is 0 Å². The van der Waals surface area contributed by atoms with Gasteiger partial charge in [0.15, 0.2) is 10.1 Å². The SMILES string of the molecule is COc1ccccc1Nc1nnc(S[C@@H](C(C)=O)C(=O)N(C)C)s1. The molecule has 0 radical (unpaired) electrons. The third-order valence-corrected chi connectivity index (χ3v) is 5.23. The molecule has 0 aliphatic rings. The molecular formula is C15H18N4O3S2. The summed E-state index contributed by atoms with van der Waals surface area (Å²) in [6.45, 7) is 1.40. The zero-order chi connectivity index (χ0) is 17.7. The molecule has 0 fully saturated rings. The fraction of sp³-hybridized carbons (Fsp3) is 0.333. The maximum atomic E-state index is 12.1. The number of carbonyl (C=O) groups is 2. The van der Waals surface area contributed by atoms with E-state index < -0.39 is 5.25 Å². The Morgan fingerprint density at radius 3 is 2.62 bits per heavy atom. The number of hydrogen-bond acceptors (Lipinski definition) is 8. The summed E-state index contributed by atoms with van der Waals surface area (Å²) < 4.78 is 5.82. The van der Waals surface area contributed by atoms with Crippen LogP contribution >= 0.6 is 23.1 Å². The van der Waals surface area contributed by atoms with Crippen molar-refractivity contribution >= 4 is 45.6 Å². The third-order valence-electron chi connectivity index (χ3n) is 3.01. The zero-order valence-electron chi connectivity index (χ0n) is 13.8. The Labute approximate surface area is 148 Å². The van der Waals surface area contributed by atoms with Crippen LogP contribution in [0.5, 0.6) is 5.75 Å². The Morgan fingerprint density at radius 1 is 1.29 bits per heavy atom. The number of para-hydroxylation sites is 2. The lowest BCUT2D eigenvalue weighted by Gasteiger charge is -2.16. The summed E-state index contributed by atoms with van der Waals surface area (Å²) in [7, 11) is 4.83. The number of ketones is 1. The van der Waals surface area contributed by atoms with Crippen LogP contribution in [0.15, 0.2) is 28.6 Å². The molecule has 1 aromatic heterocycles. The van der Waals surface area contributed by atoms with E-state index in [1.807, 2.05) is 24.3 Å². The van der Waals surface area contributed by atoms with Gasteiger partial charge in [-0.25, -0.2) is 0 Å². The molecule has 128 valence electrons. The largest absolute Gasteiger partial charge is 0.495 e. The quantitative estimate of drug-likeness (QED) is 0.595. The van der Waals surface area contributed by atoms with Crippen molar-refractivity contribution in [3.05, 3.63) is 24.3 Å². The molecule has 1 aromatic carbocycles. The maximum Gasteiger partial charge on any atom is 0.243 e. The van der Waals surface area contributed by atoms with Crippen molar-refractivity contribution in [2.75, 3.05) is 26.5 Å². The van der Waals surface area contributed by atoms with E-state index in [2.05, 4.69) is 15.5 Å². The lowest BCUT2D eigenvalue weighted by molar-refractivity contribution is -0.132. The first-order valence-electron chi connectivity index (χ1n) is 7.04. The van der Waals surface area contributed by atoms with Gasteiger partial charge in [0, 0.05) is 14.1 Å². The fourth-order valence-corrected chi connectivity index (χ4v) is 3.79. The lowest BCUT2D eigenvalue weighted by Crippen LogP contribution is -2.35. The van der Waals surface area contributed by atoms with Crippen LogP contribution in [0.1, 0.15) is 6.92 Å². The number of benzene rings is 1. The maximum absolute atomic E-state index is 12.1. The molecule has 7 nitrogen and oxygen atoms in total. The molecule has 0 aliphatic heterocycles. The summed E-state index contributed by atoms with van der Waals surface area (Å²) in [4.78, 5) is 25.2. The average Bonchev–Trinajstić information content (AvgIpc) is 2.99. The van der Waals surface area contributed by atoms with E-state index in [4.69, 9.17) is 4.74 Å². The van der Waals surface area contributed by atoms with Gasteiger partial charge in [0.25, 0.3) is 0 Å². The molecule has 0 saturated carbocycles. The number of rotatable bonds is 7. The van der Waals surface area contributed by atoms with Crippen molar-refractivity contribution in [2.24, 2.45) is 0 Å². The minimum Gasteiger partial charge on any atom is -0.495 e. The Bertz CT molecular complexity index is 733. The van der Waals surface area contributed by atoms with E-state index in [9.17, 15) is 9.59 Å². The number of Topliss-reactive ketones (excluding diaryl/α,β-unsaturated/α-hetero) is 1. The first-order valence-corrected chi connectivity index (χ1v) is 8.73. The molecule has 2 rings (SSSR count). The van der Waals surface area contributed by atoms with Crippen LogP contribution < -0.4 is 10.1 Å². The highest BCUT2D eigenvalue weighted by Gasteiger charge is 2.27. The summed E-state index contributed by atoms with van der Waals surface area (Å²) in [5, 5.41) is 11.0. The number of methoxy groups -OCH3 is 1. The van der Waals surface area contributed by atoms with Gasteiger partial charge in [-0.3, -0.25) is 9.59 Å².